The molecule has 0 N–H and O–H groups in total. The quantitative estimate of drug-likeness (QED) is 0.0668. The van der Waals surface area contributed by atoms with E-state index in [0.29, 0.717) is 0 Å². The minimum absolute atomic E-state index is 0.937. The molecule has 0 nitrogen and oxygen atoms in total. The number of hydrogen-bond donors (Lipinski definition) is 0. The summed E-state index contributed by atoms with van der Waals surface area (Å²) in [5, 5.41) is 0. The molecule has 0 saturated carbocycles. The lowest BCUT2D eigenvalue weighted by Gasteiger charge is -2.14. The Kier molecular flexibility index (Phi) is 32.9. The Bertz CT molecular complexity index is 467. The molecule has 248 valence electrons. The first-order chi connectivity index (χ1) is 20.0. The second kappa shape index (κ2) is 32.9. The van der Waals surface area contributed by atoms with Crippen molar-refractivity contribution in [3.8, 4) is 0 Å². The molecule has 0 amide bonds. The Labute approximate surface area is 263 Å². The van der Waals surface area contributed by atoms with Gasteiger partial charge in [0, 0.05) is 0 Å². The third-order valence-electron chi connectivity index (χ3n) is 10.4. The van der Waals surface area contributed by atoms with Crippen molar-refractivity contribution < 1.29 is 0 Å². The fourth-order valence-electron chi connectivity index (χ4n) is 6.81. The van der Waals surface area contributed by atoms with Gasteiger partial charge in [-0.05, 0) is 23.7 Å². The first kappa shape index (κ1) is 41.0. The molecule has 0 aliphatic carbocycles. The van der Waals surface area contributed by atoms with Crippen LogP contribution in [0.4, 0.5) is 0 Å². The summed E-state index contributed by atoms with van der Waals surface area (Å²) in [6.07, 6.45) is 45.5. The molecule has 0 saturated heterocycles. The normalized spacial score (nSPS) is 14.8. The maximum Gasteiger partial charge on any atom is -0.0443 e. The van der Waals surface area contributed by atoms with Gasteiger partial charge < -0.3 is 0 Å². The molecule has 0 aromatic heterocycles. The van der Waals surface area contributed by atoms with E-state index in [1.165, 1.54) is 199 Å². The topological polar surface area (TPSA) is 0 Å². The zero-order valence-corrected chi connectivity index (χ0v) is 30.2. The lowest BCUT2D eigenvalue weighted by atomic mass is 9.92. The maximum atomic E-state index is 2.51. The lowest BCUT2D eigenvalue weighted by molar-refractivity contribution is 0.396. The molecule has 0 aromatic carbocycles. The minimum atomic E-state index is 0.937. The van der Waals surface area contributed by atoms with E-state index in [-0.39, 0.29) is 0 Å². The average molecular weight is 577 g/mol. The summed E-state index contributed by atoms with van der Waals surface area (Å²) in [4.78, 5) is 0. The van der Waals surface area contributed by atoms with Crippen LogP contribution >= 0.6 is 0 Å². The molecular weight excluding hydrogens is 492 g/mol. The van der Waals surface area contributed by atoms with Crippen LogP contribution in [0.5, 0.6) is 0 Å². The fourth-order valence-corrected chi connectivity index (χ4v) is 6.81. The van der Waals surface area contributed by atoms with Crippen LogP contribution in [0.2, 0.25) is 0 Å². The zero-order chi connectivity index (χ0) is 30.2. The first-order valence-electron chi connectivity index (χ1n) is 20.0. The molecule has 0 rings (SSSR count). The van der Waals surface area contributed by atoms with Crippen molar-refractivity contribution in [2.24, 2.45) is 23.7 Å². The van der Waals surface area contributed by atoms with Crippen LogP contribution in [0.15, 0.2) is 0 Å². The minimum Gasteiger partial charge on any atom is -0.0654 e. The first-order valence-corrected chi connectivity index (χ1v) is 20.0. The Balaban J connectivity index is 3.35. The molecule has 0 radical (unpaired) electrons. The summed E-state index contributed by atoms with van der Waals surface area (Å²) >= 11 is 0. The average Bonchev–Trinajstić information content (AvgIpc) is 2.96. The summed E-state index contributed by atoms with van der Waals surface area (Å²) in [6, 6.07) is 0. The van der Waals surface area contributed by atoms with Gasteiger partial charge in [-0.1, -0.05) is 241 Å². The predicted octanol–water partition coefficient (Wildman–Crippen LogP) is 15.7. The molecule has 0 heterocycles. The molecule has 0 heteroatoms. The molecule has 0 aliphatic rings. The Morgan fingerprint density at radius 1 is 0.244 bits per heavy atom. The summed E-state index contributed by atoms with van der Waals surface area (Å²) in [5.41, 5.74) is 0. The smallest absolute Gasteiger partial charge is 0.0443 e. The molecule has 0 fully saturated rings. The van der Waals surface area contributed by atoms with Crippen LogP contribution in [0, 0.1) is 23.7 Å². The SMILES string of the molecule is CCCCCCCCCCCCCCCCC(C)CCCCCC(C)CCCCCC(C)CCCCCC(C)CC. The highest BCUT2D eigenvalue weighted by Gasteiger charge is 2.06. The van der Waals surface area contributed by atoms with Crippen molar-refractivity contribution in [1.29, 1.82) is 0 Å². The zero-order valence-electron chi connectivity index (χ0n) is 30.2. The molecule has 0 spiro atoms. The van der Waals surface area contributed by atoms with Crippen molar-refractivity contribution in [2.75, 3.05) is 0 Å². The Morgan fingerprint density at radius 3 is 0.683 bits per heavy atom. The van der Waals surface area contributed by atoms with E-state index in [4.69, 9.17) is 0 Å². The van der Waals surface area contributed by atoms with Crippen LogP contribution in [-0.2, 0) is 0 Å². The predicted molar refractivity (Wildman–Crippen MR) is 191 cm³/mol. The molecule has 0 aliphatic heterocycles. The Morgan fingerprint density at radius 2 is 0.439 bits per heavy atom. The van der Waals surface area contributed by atoms with Gasteiger partial charge in [0.15, 0.2) is 0 Å². The van der Waals surface area contributed by atoms with Gasteiger partial charge >= 0.3 is 0 Å². The van der Waals surface area contributed by atoms with Gasteiger partial charge in [0.1, 0.15) is 0 Å². The van der Waals surface area contributed by atoms with Gasteiger partial charge in [0.2, 0.25) is 0 Å². The molecule has 4 unspecified atom stereocenters. The highest BCUT2D eigenvalue weighted by atomic mass is 14.1. The fraction of sp³-hybridized carbons (Fsp3) is 1.00. The largest absolute Gasteiger partial charge is 0.0654 e. The van der Waals surface area contributed by atoms with Crippen molar-refractivity contribution in [1.82, 2.24) is 0 Å². The number of hydrogen-bond acceptors (Lipinski definition) is 0. The van der Waals surface area contributed by atoms with E-state index < -0.39 is 0 Å². The second-order valence-electron chi connectivity index (χ2n) is 15.1. The van der Waals surface area contributed by atoms with Crippen molar-refractivity contribution in [2.45, 2.75) is 241 Å². The molecule has 0 aromatic rings. The van der Waals surface area contributed by atoms with Crippen LogP contribution in [0.1, 0.15) is 241 Å². The van der Waals surface area contributed by atoms with Gasteiger partial charge in [-0.3, -0.25) is 0 Å². The number of unbranched alkanes of at least 4 members (excludes halogenated alkanes) is 19. The van der Waals surface area contributed by atoms with Crippen LogP contribution < -0.4 is 0 Å². The van der Waals surface area contributed by atoms with Crippen LogP contribution in [0.25, 0.3) is 0 Å². The second-order valence-corrected chi connectivity index (χ2v) is 15.1. The van der Waals surface area contributed by atoms with Crippen molar-refractivity contribution in [3.05, 3.63) is 0 Å². The summed E-state index contributed by atoms with van der Waals surface area (Å²) in [7, 11) is 0. The van der Waals surface area contributed by atoms with E-state index in [9.17, 15) is 0 Å². The molecule has 4 atom stereocenters. The van der Waals surface area contributed by atoms with Gasteiger partial charge in [-0.15, -0.1) is 0 Å². The lowest BCUT2D eigenvalue weighted by Crippen LogP contribution is -1.98. The highest BCUT2D eigenvalue weighted by molar-refractivity contribution is 4.60. The van der Waals surface area contributed by atoms with Crippen molar-refractivity contribution >= 4 is 0 Å². The van der Waals surface area contributed by atoms with E-state index >= 15 is 0 Å². The van der Waals surface area contributed by atoms with Crippen LogP contribution in [0.3, 0.4) is 0 Å². The van der Waals surface area contributed by atoms with E-state index in [0.717, 1.165) is 23.7 Å². The van der Waals surface area contributed by atoms with Gasteiger partial charge in [0.05, 0.1) is 0 Å². The molecular formula is C41H84. The maximum absolute atomic E-state index is 2.51. The molecule has 0 bridgehead atoms. The van der Waals surface area contributed by atoms with Crippen molar-refractivity contribution in [3.63, 3.8) is 0 Å². The number of rotatable bonds is 34. The van der Waals surface area contributed by atoms with E-state index in [1.807, 2.05) is 0 Å². The summed E-state index contributed by atoms with van der Waals surface area (Å²) in [6.45, 7) is 14.6. The van der Waals surface area contributed by atoms with Gasteiger partial charge in [0.25, 0.3) is 0 Å². The summed E-state index contributed by atoms with van der Waals surface area (Å²) < 4.78 is 0. The highest BCUT2D eigenvalue weighted by Crippen LogP contribution is 2.23. The Hall–Kier alpha value is 0. The van der Waals surface area contributed by atoms with Gasteiger partial charge in [-0.25, -0.2) is 0 Å². The monoisotopic (exact) mass is 577 g/mol. The third-order valence-corrected chi connectivity index (χ3v) is 10.4. The van der Waals surface area contributed by atoms with E-state index in [2.05, 4.69) is 41.5 Å². The van der Waals surface area contributed by atoms with Crippen LogP contribution in [-0.4, -0.2) is 0 Å². The third kappa shape index (κ3) is 32.7. The standard InChI is InChI=1S/C41H84/c1-7-9-10-11-12-13-14-15-16-17-18-19-20-24-32-39(4)34-27-22-28-36-41(6)37-30-23-29-35-40(5)33-26-21-25-31-38(3)8-2/h38-41H,7-37H2,1-6H3. The van der Waals surface area contributed by atoms with Gasteiger partial charge in [-0.2, -0.15) is 0 Å². The summed E-state index contributed by atoms with van der Waals surface area (Å²) in [5.74, 6) is 3.79. The van der Waals surface area contributed by atoms with E-state index in [1.54, 1.807) is 0 Å². The molecule has 41 heavy (non-hydrogen) atoms.